The van der Waals surface area contributed by atoms with Gasteiger partial charge in [-0.2, -0.15) is 0 Å². The van der Waals surface area contributed by atoms with Gasteiger partial charge in [-0.05, 0) is 50.9 Å². The van der Waals surface area contributed by atoms with Gasteiger partial charge in [0.1, 0.15) is 0 Å². The molecule has 0 aromatic carbocycles. The van der Waals surface area contributed by atoms with Crippen molar-refractivity contribution in [2.75, 3.05) is 18.8 Å². The Morgan fingerprint density at radius 3 is 2.29 bits per heavy atom. The highest BCUT2D eigenvalue weighted by atomic mass is 15.1. The molecule has 0 unspecified atom stereocenters. The zero-order valence-corrected chi connectivity index (χ0v) is 11.6. The van der Waals surface area contributed by atoms with Gasteiger partial charge in [-0.3, -0.25) is 9.88 Å². The average molecular weight is 235 g/mol. The van der Waals surface area contributed by atoms with Crippen LogP contribution in [0.1, 0.15) is 43.5 Å². The Kier molecular flexibility index (Phi) is 5.42. The molecule has 17 heavy (non-hydrogen) atoms. The lowest BCUT2D eigenvalue weighted by molar-refractivity contribution is 0.263. The SMILES string of the molecule is CCCN(CCC)Cc1ncc(C)c(N)c1C. The van der Waals surface area contributed by atoms with Gasteiger partial charge in [0, 0.05) is 18.4 Å². The Morgan fingerprint density at radius 1 is 1.18 bits per heavy atom. The van der Waals surface area contributed by atoms with Gasteiger partial charge in [0.15, 0.2) is 0 Å². The number of aryl methyl sites for hydroxylation is 1. The van der Waals surface area contributed by atoms with Crippen LogP contribution in [0.4, 0.5) is 5.69 Å². The van der Waals surface area contributed by atoms with E-state index in [9.17, 15) is 0 Å². The summed E-state index contributed by atoms with van der Waals surface area (Å²) < 4.78 is 0. The van der Waals surface area contributed by atoms with E-state index in [0.29, 0.717) is 0 Å². The molecule has 0 aliphatic rings. The number of nitrogen functional groups attached to an aromatic ring is 1. The van der Waals surface area contributed by atoms with E-state index in [1.807, 2.05) is 13.1 Å². The minimum Gasteiger partial charge on any atom is -0.398 e. The molecule has 0 amide bonds. The quantitative estimate of drug-likeness (QED) is 0.824. The zero-order chi connectivity index (χ0) is 12.8. The number of hydrogen-bond donors (Lipinski definition) is 1. The second-order valence-electron chi connectivity index (χ2n) is 4.70. The van der Waals surface area contributed by atoms with Crippen molar-refractivity contribution in [1.29, 1.82) is 0 Å². The Hall–Kier alpha value is -1.09. The predicted octanol–water partition coefficient (Wildman–Crippen LogP) is 2.90. The van der Waals surface area contributed by atoms with Crippen molar-refractivity contribution >= 4 is 5.69 Å². The summed E-state index contributed by atoms with van der Waals surface area (Å²) in [7, 11) is 0. The first-order valence-corrected chi connectivity index (χ1v) is 6.53. The minimum absolute atomic E-state index is 0.892. The molecule has 0 saturated heterocycles. The second-order valence-corrected chi connectivity index (χ2v) is 4.70. The lowest BCUT2D eigenvalue weighted by atomic mass is 10.1. The number of nitrogens with zero attached hydrogens (tertiary/aromatic N) is 2. The third-order valence-electron chi connectivity index (χ3n) is 3.13. The molecule has 0 spiro atoms. The maximum absolute atomic E-state index is 6.05. The second kappa shape index (κ2) is 6.60. The smallest absolute Gasteiger partial charge is 0.0593 e. The van der Waals surface area contributed by atoms with Gasteiger partial charge >= 0.3 is 0 Å². The van der Waals surface area contributed by atoms with Gasteiger partial charge in [0.2, 0.25) is 0 Å². The number of anilines is 1. The molecule has 0 saturated carbocycles. The first-order chi connectivity index (χ1) is 8.10. The van der Waals surface area contributed by atoms with Gasteiger partial charge in [-0.15, -0.1) is 0 Å². The van der Waals surface area contributed by atoms with E-state index >= 15 is 0 Å². The molecular weight excluding hydrogens is 210 g/mol. The van der Waals surface area contributed by atoms with E-state index in [0.717, 1.165) is 42.1 Å². The van der Waals surface area contributed by atoms with Gasteiger partial charge in [-0.25, -0.2) is 0 Å². The van der Waals surface area contributed by atoms with Crippen LogP contribution in [0, 0.1) is 13.8 Å². The van der Waals surface area contributed by atoms with Crippen LogP contribution in [0.5, 0.6) is 0 Å². The lowest BCUT2D eigenvalue weighted by Gasteiger charge is -2.22. The lowest BCUT2D eigenvalue weighted by Crippen LogP contribution is -2.26. The third-order valence-corrected chi connectivity index (χ3v) is 3.13. The maximum atomic E-state index is 6.05. The van der Waals surface area contributed by atoms with E-state index in [1.165, 1.54) is 12.8 Å². The summed E-state index contributed by atoms with van der Waals surface area (Å²) in [6.07, 6.45) is 4.24. The van der Waals surface area contributed by atoms with Crippen LogP contribution in [0.25, 0.3) is 0 Å². The van der Waals surface area contributed by atoms with Crippen molar-refractivity contribution in [3.05, 3.63) is 23.0 Å². The van der Waals surface area contributed by atoms with Gasteiger partial charge in [0.25, 0.3) is 0 Å². The number of rotatable bonds is 6. The molecule has 1 aromatic rings. The average Bonchev–Trinajstić information content (AvgIpc) is 2.30. The maximum Gasteiger partial charge on any atom is 0.0593 e. The molecule has 0 aliphatic heterocycles. The number of nitrogens with two attached hydrogens (primary N) is 1. The summed E-state index contributed by atoms with van der Waals surface area (Å²) in [5.74, 6) is 0. The van der Waals surface area contributed by atoms with Crippen molar-refractivity contribution in [2.45, 2.75) is 47.1 Å². The molecule has 0 fully saturated rings. The van der Waals surface area contributed by atoms with Crippen LogP contribution in [-0.2, 0) is 6.54 Å². The molecule has 0 bridgehead atoms. The largest absolute Gasteiger partial charge is 0.398 e. The Morgan fingerprint density at radius 2 is 1.76 bits per heavy atom. The molecule has 1 rings (SSSR count). The van der Waals surface area contributed by atoms with E-state index in [-0.39, 0.29) is 0 Å². The fraction of sp³-hybridized carbons (Fsp3) is 0.643. The van der Waals surface area contributed by atoms with E-state index in [1.54, 1.807) is 0 Å². The van der Waals surface area contributed by atoms with Gasteiger partial charge in [-0.1, -0.05) is 13.8 Å². The monoisotopic (exact) mass is 235 g/mol. The normalized spacial score (nSPS) is 11.1. The Bertz CT molecular complexity index is 355. The van der Waals surface area contributed by atoms with E-state index < -0.39 is 0 Å². The third kappa shape index (κ3) is 3.70. The standard InChI is InChI=1S/C14H25N3/c1-5-7-17(8-6-2)10-13-12(4)14(15)11(3)9-16-13/h9H,5-8,10H2,1-4H3,(H2,15,16). The highest BCUT2D eigenvalue weighted by molar-refractivity contribution is 5.53. The molecule has 2 N–H and O–H groups in total. The number of pyridine rings is 1. The van der Waals surface area contributed by atoms with Crippen LogP contribution < -0.4 is 5.73 Å². The Labute approximate surface area is 105 Å². The van der Waals surface area contributed by atoms with Crippen molar-refractivity contribution in [1.82, 2.24) is 9.88 Å². The molecule has 96 valence electrons. The highest BCUT2D eigenvalue weighted by Gasteiger charge is 2.10. The molecular formula is C14H25N3. The first kappa shape index (κ1) is 14.0. The fourth-order valence-corrected chi connectivity index (χ4v) is 2.07. The summed E-state index contributed by atoms with van der Waals surface area (Å²) in [6.45, 7) is 11.7. The van der Waals surface area contributed by atoms with Crippen molar-refractivity contribution in [3.8, 4) is 0 Å². The molecule has 1 heterocycles. The molecule has 3 heteroatoms. The van der Waals surface area contributed by atoms with Crippen LogP contribution in [0.2, 0.25) is 0 Å². The van der Waals surface area contributed by atoms with Crippen LogP contribution in [-0.4, -0.2) is 23.0 Å². The molecule has 0 atom stereocenters. The highest BCUT2D eigenvalue weighted by Crippen LogP contribution is 2.19. The topological polar surface area (TPSA) is 42.2 Å². The summed E-state index contributed by atoms with van der Waals surface area (Å²) in [4.78, 5) is 6.97. The number of hydrogen-bond acceptors (Lipinski definition) is 3. The van der Waals surface area contributed by atoms with Crippen LogP contribution in [0.3, 0.4) is 0 Å². The summed E-state index contributed by atoms with van der Waals surface area (Å²) in [5, 5.41) is 0. The summed E-state index contributed by atoms with van der Waals surface area (Å²) in [5.41, 5.74) is 10.3. The van der Waals surface area contributed by atoms with Crippen molar-refractivity contribution in [2.24, 2.45) is 0 Å². The summed E-state index contributed by atoms with van der Waals surface area (Å²) in [6, 6.07) is 0. The van der Waals surface area contributed by atoms with Crippen molar-refractivity contribution < 1.29 is 0 Å². The van der Waals surface area contributed by atoms with Crippen LogP contribution in [0.15, 0.2) is 6.20 Å². The molecule has 0 aliphatic carbocycles. The molecule has 1 aromatic heterocycles. The van der Waals surface area contributed by atoms with Gasteiger partial charge < -0.3 is 5.73 Å². The Balaban J connectivity index is 2.82. The minimum atomic E-state index is 0.892. The fourth-order valence-electron chi connectivity index (χ4n) is 2.07. The predicted molar refractivity (Wildman–Crippen MR) is 74.0 cm³/mol. The molecule has 3 nitrogen and oxygen atoms in total. The number of aromatic nitrogens is 1. The summed E-state index contributed by atoms with van der Waals surface area (Å²) >= 11 is 0. The van der Waals surface area contributed by atoms with Gasteiger partial charge in [0.05, 0.1) is 5.69 Å². The van der Waals surface area contributed by atoms with E-state index in [2.05, 4.69) is 30.7 Å². The first-order valence-electron chi connectivity index (χ1n) is 6.53. The zero-order valence-electron chi connectivity index (χ0n) is 11.6. The van der Waals surface area contributed by atoms with E-state index in [4.69, 9.17) is 5.73 Å². The van der Waals surface area contributed by atoms with Crippen LogP contribution >= 0.6 is 0 Å². The van der Waals surface area contributed by atoms with Crippen molar-refractivity contribution in [3.63, 3.8) is 0 Å². The molecule has 0 radical (unpaired) electrons.